The first-order valence-corrected chi connectivity index (χ1v) is 9.76. The van der Waals surface area contributed by atoms with Gasteiger partial charge in [-0.25, -0.2) is 0 Å². The van der Waals surface area contributed by atoms with Crippen LogP contribution in [0, 0.1) is 27.7 Å². The van der Waals surface area contributed by atoms with E-state index in [0.29, 0.717) is 10.6 Å². The number of imide groups is 1. The highest BCUT2D eigenvalue weighted by atomic mass is 32.2. The number of anilines is 1. The fourth-order valence-corrected chi connectivity index (χ4v) is 3.99. The van der Waals surface area contributed by atoms with E-state index in [9.17, 15) is 14.4 Å². The van der Waals surface area contributed by atoms with Crippen LogP contribution in [0.1, 0.15) is 27.8 Å². The minimum Gasteiger partial charge on any atom is -0.325 e. The number of thioether (sulfide) groups is 1. The van der Waals surface area contributed by atoms with E-state index < -0.39 is 17.1 Å². The van der Waals surface area contributed by atoms with E-state index in [1.165, 1.54) is 0 Å². The van der Waals surface area contributed by atoms with Crippen LogP contribution in [0.5, 0.6) is 0 Å². The van der Waals surface area contributed by atoms with Gasteiger partial charge in [-0.2, -0.15) is 0 Å². The van der Waals surface area contributed by atoms with Gasteiger partial charge in [0.25, 0.3) is 11.1 Å². The molecule has 0 saturated carbocycles. The maximum absolute atomic E-state index is 12.7. The Labute approximate surface area is 168 Å². The van der Waals surface area contributed by atoms with Crippen LogP contribution in [-0.2, 0) is 9.59 Å². The summed E-state index contributed by atoms with van der Waals surface area (Å²) in [4.78, 5) is 38.6. The van der Waals surface area contributed by atoms with Crippen molar-refractivity contribution in [2.45, 2.75) is 27.7 Å². The van der Waals surface area contributed by atoms with Crippen LogP contribution in [0.15, 0.2) is 41.3 Å². The van der Waals surface area contributed by atoms with E-state index in [0.717, 1.165) is 44.5 Å². The Hall–Kier alpha value is -2.86. The van der Waals surface area contributed by atoms with Crippen molar-refractivity contribution in [3.8, 4) is 0 Å². The van der Waals surface area contributed by atoms with Crippen LogP contribution in [0.4, 0.5) is 10.5 Å². The average Bonchev–Trinajstić information content (AvgIpc) is 2.87. The number of benzene rings is 2. The van der Waals surface area contributed by atoms with E-state index in [-0.39, 0.29) is 6.54 Å². The lowest BCUT2D eigenvalue weighted by atomic mass is 9.99. The molecule has 1 heterocycles. The van der Waals surface area contributed by atoms with Crippen LogP contribution in [0.2, 0.25) is 0 Å². The van der Waals surface area contributed by atoms with Gasteiger partial charge in [0.1, 0.15) is 6.54 Å². The molecule has 28 heavy (non-hydrogen) atoms. The predicted octanol–water partition coefficient (Wildman–Crippen LogP) is 4.60. The lowest BCUT2D eigenvalue weighted by molar-refractivity contribution is -0.127. The third-order valence-electron chi connectivity index (χ3n) is 4.52. The highest BCUT2D eigenvalue weighted by Crippen LogP contribution is 2.33. The molecule has 0 spiro atoms. The van der Waals surface area contributed by atoms with Gasteiger partial charge >= 0.3 is 0 Å². The minimum absolute atomic E-state index is 0.304. The summed E-state index contributed by atoms with van der Waals surface area (Å²) in [5.74, 6) is -0.844. The van der Waals surface area contributed by atoms with Gasteiger partial charge in [0.2, 0.25) is 5.91 Å². The Bertz CT molecular complexity index is 970. The first-order chi connectivity index (χ1) is 13.2. The monoisotopic (exact) mass is 394 g/mol. The van der Waals surface area contributed by atoms with Gasteiger partial charge in [-0.05, 0) is 74.4 Å². The van der Waals surface area contributed by atoms with Crippen molar-refractivity contribution in [3.05, 3.63) is 69.1 Å². The number of hydrogen-bond donors (Lipinski definition) is 1. The number of hydrogen-bond acceptors (Lipinski definition) is 4. The lowest BCUT2D eigenvalue weighted by Crippen LogP contribution is -2.36. The minimum atomic E-state index is -0.437. The molecule has 0 aliphatic carbocycles. The Balaban J connectivity index is 1.75. The van der Waals surface area contributed by atoms with Crippen LogP contribution in [-0.4, -0.2) is 28.5 Å². The van der Waals surface area contributed by atoms with Crippen LogP contribution in [0.25, 0.3) is 6.08 Å². The molecule has 1 saturated heterocycles. The molecule has 1 N–H and O–H groups in total. The number of carbonyl (C=O) groups is 3. The second-order valence-corrected chi connectivity index (χ2v) is 7.99. The Morgan fingerprint density at radius 1 is 1.00 bits per heavy atom. The molecule has 1 aliphatic rings. The molecular formula is C22H22N2O3S. The third-order valence-corrected chi connectivity index (χ3v) is 5.43. The van der Waals surface area contributed by atoms with Crippen molar-refractivity contribution in [1.29, 1.82) is 0 Å². The van der Waals surface area contributed by atoms with Crippen molar-refractivity contribution < 1.29 is 14.4 Å². The van der Waals surface area contributed by atoms with Crippen LogP contribution >= 0.6 is 11.8 Å². The molecular weight excluding hydrogens is 372 g/mol. The second kappa shape index (κ2) is 8.02. The van der Waals surface area contributed by atoms with E-state index in [1.807, 2.05) is 52.0 Å². The zero-order valence-corrected chi connectivity index (χ0v) is 17.1. The molecule has 1 aliphatic heterocycles. The first kappa shape index (κ1) is 19.9. The summed E-state index contributed by atoms with van der Waals surface area (Å²) >= 11 is 0.867. The number of carbonyl (C=O) groups excluding carboxylic acids is 3. The third kappa shape index (κ3) is 4.34. The molecule has 6 heteroatoms. The topological polar surface area (TPSA) is 66.5 Å². The number of rotatable bonds is 4. The quantitative estimate of drug-likeness (QED) is 0.770. The number of aryl methyl sites for hydroxylation is 4. The standard InChI is InChI=1S/C22H22N2O3S/c1-13-5-7-17(8-6-13)23-20(25)12-24-21(26)19(28-22(24)27)11-18-15(3)9-14(2)10-16(18)4/h5-11H,12H2,1-4H3,(H,23,25)/b19-11-. The van der Waals surface area contributed by atoms with Gasteiger partial charge in [0.05, 0.1) is 4.91 Å². The summed E-state index contributed by atoms with van der Waals surface area (Å²) < 4.78 is 0. The Kier molecular flexibility index (Phi) is 5.70. The number of amides is 3. The van der Waals surface area contributed by atoms with Gasteiger partial charge in [0, 0.05) is 5.69 Å². The van der Waals surface area contributed by atoms with Crippen LogP contribution in [0.3, 0.4) is 0 Å². The predicted molar refractivity (Wildman–Crippen MR) is 113 cm³/mol. The highest BCUT2D eigenvalue weighted by molar-refractivity contribution is 8.18. The fraction of sp³-hybridized carbons (Fsp3) is 0.227. The maximum Gasteiger partial charge on any atom is 0.294 e. The van der Waals surface area contributed by atoms with E-state index >= 15 is 0 Å². The molecule has 3 amide bonds. The highest BCUT2D eigenvalue weighted by Gasteiger charge is 2.36. The van der Waals surface area contributed by atoms with Crippen molar-refractivity contribution in [2.75, 3.05) is 11.9 Å². The molecule has 0 bridgehead atoms. The maximum atomic E-state index is 12.7. The van der Waals surface area contributed by atoms with Crippen molar-refractivity contribution in [2.24, 2.45) is 0 Å². The smallest absolute Gasteiger partial charge is 0.294 e. The van der Waals surface area contributed by atoms with Gasteiger partial charge in [0.15, 0.2) is 0 Å². The first-order valence-electron chi connectivity index (χ1n) is 8.94. The largest absolute Gasteiger partial charge is 0.325 e. The molecule has 5 nitrogen and oxygen atoms in total. The van der Waals surface area contributed by atoms with Gasteiger partial charge in [-0.3, -0.25) is 19.3 Å². The molecule has 2 aromatic carbocycles. The summed E-state index contributed by atoms with van der Waals surface area (Å²) in [6, 6.07) is 11.4. The van der Waals surface area contributed by atoms with Gasteiger partial charge < -0.3 is 5.32 Å². The summed E-state index contributed by atoms with van der Waals surface area (Å²) in [5, 5.41) is 2.28. The number of nitrogens with one attached hydrogen (secondary N) is 1. The van der Waals surface area contributed by atoms with Crippen LogP contribution < -0.4 is 5.32 Å². The zero-order valence-electron chi connectivity index (χ0n) is 16.3. The molecule has 144 valence electrons. The van der Waals surface area contributed by atoms with E-state index in [4.69, 9.17) is 0 Å². The lowest BCUT2D eigenvalue weighted by Gasteiger charge is -2.12. The normalized spacial score (nSPS) is 15.4. The SMILES string of the molecule is Cc1ccc(NC(=O)CN2C(=O)S/C(=C\c3c(C)cc(C)cc3C)C2=O)cc1. The Morgan fingerprint density at radius 3 is 2.21 bits per heavy atom. The molecule has 0 unspecified atom stereocenters. The second-order valence-electron chi connectivity index (χ2n) is 6.99. The van der Waals surface area contributed by atoms with Gasteiger partial charge in [-0.1, -0.05) is 35.4 Å². The molecule has 2 aromatic rings. The van der Waals surface area contributed by atoms with Gasteiger partial charge in [-0.15, -0.1) is 0 Å². The molecule has 0 aromatic heterocycles. The summed E-state index contributed by atoms with van der Waals surface area (Å²) in [7, 11) is 0. The van der Waals surface area contributed by atoms with E-state index in [2.05, 4.69) is 5.32 Å². The number of nitrogens with zero attached hydrogens (tertiary/aromatic N) is 1. The molecule has 0 radical (unpaired) electrons. The average molecular weight is 394 g/mol. The van der Waals surface area contributed by atoms with Crippen molar-refractivity contribution >= 4 is 40.6 Å². The summed E-state index contributed by atoms with van der Waals surface area (Å²) in [5.41, 5.74) is 5.87. The molecule has 1 fully saturated rings. The fourth-order valence-electron chi connectivity index (χ4n) is 3.17. The summed E-state index contributed by atoms with van der Waals surface area (Å²) in [6.45, 7) is 7.62. The Morgan fingerprint density at radius 2 is 1.61 bits per heavy atom. The molecule has 0 atom stereocenters. The van der Waals surface area contributed by atoms with E-state index in [1.54, 1.807) is 18.2 Å². The van der Waals surface area contributed by atoms with Crippen molar-refractivity contribution in [3.63, 3.8) is 0 Å². The zero-order chi connectivity index (χ0) is 20.4. The summed E-state index contributed by atoms with van der Waals surface area (Å²) in [6.07, 6.45) is 1.74. The molecule has 3 rings (SSSR count). The van der Waals surface area contributed by atoms with Crippen molar-refractivity contribution in [1.82, 2.24) is 4.90 Å².